The third kappa shape index (κ3) is 1.62. The predicted octanol–water partition coefficient (Wildman–Crippen LogP) is 4.52. The van der Waals surface area contributed by atoms with Gasteiger partial charge in [0.1, 0.15) is 0 Å². The smallest absolute Gasteiger partial charge is 0.139 e. The van der Waals surface area contributed by atoms with Gasteiger partial charge in [-0.25, -0.2) is 0 Å². The highest BCUT2D eigenvalue weighted by Gasteiger charge is 2.51. The summed E-state index contributed by atoms with van der Waals surface area (Å²) in [5, 5.41) is 1.26. The summed E-state index contributed by atoms with van der Waals surface area (Å²) in [6.07, 6.45) is 3.20. The van der Waals surface area contributed by atoms with Crippen LogP contribution in [-0.4, -0.2) is 6.69 Å². The van der Waals surface area contributed by atoms with Crippen LogP contribution in [-0.2, 0) is 0 Å². The summed E-state index contributed by atoms with van der Waals surface area (Å²) in [4.78, 5) is 0. The number of allylic oxidation sites excluding steroid dienone is 4. The fourth-order valence-electron chi connectivity index (χ4n) is 1.99. The van der Waals surface area contributed by atoms with Gasteiger partial charge in [0.15, 0.2) is 0 Å². The summed E-state index contributed by atoms with van der Waals surface area (Å²) in [7, 11) is 0. The quantitative estimate of drug-likeness (QED) is 0.487. The zero-order chi connectivity index (χ0) is 10.2. The zero-order valence-electron chi connectivity index (χ0n) is 8.62. The molecule has 0 saturated carbocycles. The summed E-state index contributed by atoms with van der Waals surface area (Å²) in [5.41, 5.74) is 3.21. The van der Waals surface area contributed by atoms with Crippen LogP contribution in [0.4, 0.5) is 0 Å². The van der Waals surface area contributed by atoms with E-state index in [0.717, 1.165) is 6.42 Å². The fourth-order valence-corrected chi connectivity index (χ4v) is 6.53. The maximum Gasteiger partial charge on any atom is 0.284 e. The van der Waals surface area contributed by atoms with Crippen LogP contribution in [0.25, 0.3) is 0 Å². The molecule has 0 saturated heterocycles. The van der Waals surface area contributed by atoms with Crippen LogP contribution in [0.15, 0.2) is 22.4 Å². The first-order chi connectivity index (χ1) is 5.96. The molecule has 13 heavy (non-hydrogen) atoms. The molecule has 1 unspecified atom stereocenters. The number of hydrogen-bond acceptors (Lipinski definition) is 0. The molecule has 0 aromatic heterocycles. The second kappa shape index (κ2) is 3.80. The lowest BCUT2D eigenvalue weighted by atomic mass is 10.0. The van der Waals surface area contributed by atoms with Crippen molar-refractivity contribution >= 4 is 28.9 Å². The van der Waals surface area contributed by atoms with Gasteiger partial charge >= 0.3 is 0 Å². The van der Waals surface area contributed by atoms with Gasteiger partial charge in [-0.15, -0.1) is 22.2 Å². The summed E-state index contributed by atoms with van der Waals surface area (Å²) in [6.45, 7) is 6.40. The minimum absolute atomic E-state index is 0.451. The van der Waals surface area contributed by atoms with E-state index >= 15 is 0 Å². The summed E-state index contributed by atoms with van der Waals surface area (Å²) in [5.74, 6) is 0. The molecule has 0 aromatic carbocycles. The van der Waals surface area contributed by atoms with E-state index in [9.17, 15) is 0 Å². The standard InChI is InChI=1S/C10H16Cl2Si/c1-5-7(3)10-8(4)13(11,12)9(10)6-2/h5,9H,6H2,1-4H3/b7-5+. The van der Waals surface area contributed by atoms with E-state index in [1.807, 2.05) is 0 Å². The molecule has 0 aliphatic carbocycles. The molecular weight excluding hydrogens is 219 g/mol. The van der Waals surface area contributed by atoms with Gasteiger partial charge in [0.25, 0.3) is 6.69 Å². The van der Waals surface area contributed by atoms with Crippen molar-refractivity contribution in [3.05, 3.63) is 22.4 Å². The molecule has 0 aromatic rings. The Balaban J connectivity index is 3.06. The molecule has 0 radical (unpaired) electrons. The van der Waals surface area contributed by atoms with Crippen LogP contribution in [0.5, 0.6) is 0 Å². The molecule has 0 nitrogen and oxygen atoms in total. The number of rotatable bonds is 2. The van der Waals surface area contributed by atoms with Crippen molar-refractivity contribution in [1.82, 2.24) is 0 Å². The Hall–Kier alpha value is 0.277. The van der Waals surface area contributed by atoms with Crippen molar-refractivity contribution in [2.75, 3.05) is 0 Å². The molecule has 1 rings (SSSR count). The Morgan fingerprint density at radius 1 is 1.54 bits per heavy atom. The average molecular weight is 235 g/mol. The lowest BCUT2D eigenvalue weighted by Crippen LogP contribution is -2.41. The highest BCUT2D eigenvalue weighted by Crippen LogP contribution is 2.56. The summed E-state index contributed by atoms with van der Waals surface area (Å²) >= 11 is 12.7. The van der Waals surface area contributed by atoms with Crippen LogP contribution in [0.2, 0.25) is 5.54 Å². The highest BCUT2D eigenvalue weighted by molar-refractivity contribution is 7.50. The molecule has 1 heterocycles. The molecule has 74 valence electrons. The molecule has 0 amide bonds. The topological polar surface area (TPSA) is 0 Å². The van der Waals surface area contributed by atoms with E-state index in [0.29, 0.717) is 5.54 Å². The highest BCUT2D eigenvalue weighted by atomic mass is 35.7. The molecule has 0 bridgehead atoms. The Labute approximate surface area is 91.0 Å². The maximum atomic E-state index is 6.34. The monoisotopic (exact) mass is 234 g/mol. The third-order valence-electron chi connectivity index (χ3n) is 2.96. The van der Waals surface area contributed by atoms with Gasteiger partial charge in [-0.2, -0.15) is 0 Å². The minimum Gasteiger partial charge on any atom is -0.139 e. The zero-order valence-corrected chi connectivity index (χ0v) is 11.1. The van der Waals surface area contributed by atoms with E-state index in [2.05, 4.69) is 33.8 Å². The fraction of sp³-hybridized carbons (Fsp3) is 0.600. The van der Waals surface area contributed by atoms with Gasteiger partial charge in [0.2, 0.25) is 0 Å². The van der Waals surface area contributed by atoms with Gasteiger partial charge < -0.3 is 0 Å². The number of hydrogen-bond donors (Lipinski definition) is 0. The van der Waals surface area contributed by atoms with Crippen LogP contribution < -0.4 is 0 Å². The van der Waals surface area contributed by atoms with Crippen molar-refractivity contribution in [2.45, 2.75) is 39.7 Å². The largest absolute Gasteiger partial charge is 0.284 e. The van der Waals surface area contributed by atoms with Crippen molar-refractivity contribution < 1.29 is 0 Å². The van der Waals surface area contributed by atoms with Gasteiger partial charge in [-0.3, -0.25) is 0 Å². The number of halogens is 2. The first-order valence-electron chi connectivity index (χ1n) is 4.69. The van der Waals surface area contributed by atoms with Crippen molar-refractivity contribution in [2.24, 2.45) is 0 Å². The molecule has 0 fully saturated rings. The van der Waals surface area contributed by atoms with Gasteiger partial charge in [-0.1, -0.05) is 23.8 Å². The van der Waals surface area contributed by atoms with Gasteiger partial charge in [0, 0.05) is 5.54 Å². The third-order valence-corrected chi connectivity index (χ3v) is 9.08. The Kier molecular flexibility index (Phi) is 3.32. The van der Waals surface area contributed by atoms with Crippen molar-refractivity contribution in [3.63, 3.8) is 0 Å². The van der Waals surface area contributed by atoms with Crippen LogP contribution in [0.3, 0.4) is 0 Å². The molecule has 1 aliphatic rings. The summed E-state index contributed by atoms with van der Waals surface area (Å²) in [6, 6.07) is 0. The molecule has 0 N–H and O–H groups in total. The molecule has 3 heteroatoms. The predicted molar refractivity (Wildman–Crippen MR) is 63.6 cm³/mol. The molecule has 0 spiro atoms. The Morgan fingerprint density at radius 3 is 2.46 bits per heavy atom. The SMILES string of the molecule is C/C=C(\C)C1=C(C)[Si](Cl)(Cl)C1CC. The average Bonchev–Trinajstić information content (AvgIpc) is 2.11. The van der Waals surface area contributed by atoms with Crippen molar-refractivity contribution in [1.29, 1.82) is 0 Å². The van der Waals surface area contributed by atoms with Crippen LogP contribution >= 0.6 is 22.2 Å². The van der Waals surface area contributed by atoms with Crippen LogP contribution in [0, 0.1) is 0 Å². The Morgan fingerprint density at radius 2 is 2.08 bits per heavy atom. The Bertz CT molecular complexity index is 277. The van der Waals surface area contributed by atoms with E-state index in [1.54, 1.807) is 0 Å². The van der Waals surface area contributed by atoms with Gasteiger partial charge in [-0.05, 0) is 32.8 Å². The van der Waals surface area contributed by atoms with E-state index in [-0.39, 0.29) is 0 Å². The van der Waals surface area contributed by atoms with Crippen LogP contribution in [0.1, 0.15) is 34.1 Å². The molecule has 1 atom stereocenters. The maximum absolute atomic E-state index is 6.34. The van der Waals surface area contributed by atoms with E-state index in [4.69, 9.17) is 22.2 Å². The second-order valence-electron chi connectivity index (χ2n) is 3.59. The van der Waals surface area contributed by atoms with Gasteiger partial charge in [0.05, 0.1) is 0 Å². The molecular formula is C10H16Cl2Si. The lowest BCUT2D eigenvalue weighted by molar-refractivity contribution is 0.851. The van der Waals surface area contributed by atoms with E-state index in [1.165, 1.54) is 16.3 Å². The van der Waals surface area contributed by atoms with E-state index < -0.39 is 6.69 Å². The lowest BCUT2D eigenvalue weighted by Gasteiger charge is -2.42. The first kappa shape index (κ1) is 11.4. The second-order valence-corrected chi connectivity index (χ2v) is 10.4. The summed E-state index contributed by atoms with van der Waals surface area (Å²) < 4.78 is 0. The normalized spacial score (nSPS) is 27.5. The van der Waals surface area contributed by atoms with Crippen molar-refractivity contribution in [3.8, 4) is 0 Å². The minimum atomic E-state index is -2.04. The molecule has 1 aliphatic heterocycles. The first-order valence-corrected chi connectivity index (χ1v) is 8.79.